The lowest BCUT2D eigenvalue weighted by molar-refractivity contribution is -0.110. The molecule has 0 aliphatic heterocycles. The highest BCUT2D eigenvalue weighted by Crippen LogP contribution is 2.29. The van der Waals surface area contributed by atoms with Crippen LogP contribution in [0.15, 0.2) is 11.6 Å². The van der Waals surface area contributed by atoms with E-state index in [4.69, 9.17) is 0 Å². The molecule has 0 unspecified atom stereocenters. The van der Waals surface area contributed by atoms with Gasteiger partial charge in [0.15, 0.2) is 0 Å². The fraction of sp³-hybridized carbons (Fsp3) is 0.769. The van der Waals surface area contributed by atoms with Crippen LogP contribution in [-0.4, -0.2) is 6.29 Å². The molecule has 1 nitrogen and oxygen atoms in total. The predicted molar refractivity (Wildman–Crippen MR) is 60.2 cm³/mol. The van der Waals surface area contributed by atoms with Crippen molar-refractivity contribution >= 4 is 6.29 Å². The Hall–Kier alpha value is -0.590. The number of allylic oxidation sites excluding steroid dienone is 2. The molecular formula is C13H22O. The molecule has 0 bridgehead atoms. The third-order valence-corrected chi connectivity index (χ3v) is 3.09. The van der Waals surface area contributed by atoms with Crippen molar-refractivity contribution in [2.24, 2.45) is 5.92 Å². The second kappa shape index (κ2) is 6.80. The average molecular weight is 194 g/mol. The standard InChI is InChI=1S/C13H22O/c1-2-3-4-5-6-8-12-9-7-10-13(12)11-14/h8,11,13H,2-7,9-10H2,1H3/b12-8+/t13-/m1/s1. The zero-order valence-corrected chi connectivity index (χ0v) is 9.30. The Kier molecular flexibility index (Phi) is 5.58. The minimum absolute atomic E-state index is 0.265. The molecule has 80 valence electrons. The highest BCUT2D eigenvalue weighted by molar-refractivity contribution is 5.59. The summed E-state index contributed by atoms with van der Waals surface area (Å²) in [6, 6.07) is 0. The highest BCUT2D eigenvalue weighted by Gasteiger charge is 2.18. The van der Waals surface area contributed by atoms with Gasteiger partial charge in [-0.2, -0.15) is 0 Å². The van der Waals surface area contributed by atoms with Crippen LogP contribution in [0.5, 0.6) is 0 Å². The molecule has 1 aliphatic rings. The van der Waals surface area contributed by atoms with E-state index < -0.39 is 0 Å². The maximum absolute atomic E-state index is 10.7. The van der Waals surface area contributed by atoms with E-state index in [1.807, 2.05) is 0 Å². The van der Waals surface area contributed by atoms with Gasteiger partial charge >= 0.3 is 0 Å². The van der Waals surface area contributed by atoms with Crippen LogP contribution in [0.2, 0.25) is 0 Å². The molecule has 1 atom stereocenters. The van der Waals surface area contributed by atoms with Crippen LogP contribution >= 0.6 is 0 Å². The molecule has 1 aliphatic carbocycles. The SMILES string of the molecule is CCCCCC/C=C1\CCC[C@@H]1C=O. The minimum Gasteiger partial charge on any atom is -0.303 e. The van der Waals surface area contributed by atoms with Gasteiger partial charge in [0.25, 0.3) is 0 Å². The molecule has 0 amide bonds. The van der Waals surface area contributed by atoms with Crippen molar-refractivity contribution in [3.63, 3.8) is 0 Å². The van der Waals surface area contributed by atoms with E-state index in [0.717, 1.165) is 19.1 Å². The van der Waals surface area contributed by atoms with E-state index in [1.165, 1.54) is 44.1 Å². The molecule has 1 fully saturated rings. The van der Waals surface area contributed by atoms with Gasteiger partial charge in [0.1, 0.15) is 6.29 Å². The maximum Gasteiger partial charge on any atom is 0.127 e. The molecule has 0 aromatic rings. The van der Waals surface area contributed by atoms with Gasteiger partial charge < -0.3 is 4.79 Å². The zero-order chi connectivity index (χ0) is 10.2. The first-order chi connectivity index (χ1) is 6.88. The number of hydrogen-bond donors (Lipinski definition) is 0. The third kappa shape index (κ3) is 3.65. The van der Waals surface area contributed by atoms with Crippen LogP contribution in [0, 0.1) is 5.92 Å². The molecule has 0 aromatic carbocycles. The van der Waals surface area contributed by atoms with Gasteiger partial charge in [-0.25, -0.2) is 0 Å². The molecule has 0 aromatic heterocycles. The molecule has 0 saturated heterocycles. The fourth-order valence-electron chi connectivity index (χ4n) is 2.16. The van der Waals surface area contributed by atoms with Crippen molar-refractivity contribution in [3.05, 3.63) is 11.6 Å². The van der Waals surface area contributed by atoms with Crippen molar-refractivity contribution in [2.45, 2.75) is 58.3 Å². The summed E-state index contributed by atoms with van der Waals surface area (Å²) in [4.78, 5) is 10.7. The summed E-state index contributed by atoms with van der Waals surface area (Å²) < 4.78 is 0. The van der Waals surface area contributed by atoms with Crippen molar-refractivity contribution < 1.29 is 4.79 Å². The third-order valence-electron chi connectivity index (χ3n) is 3.09. The number of hydrogen-bond acceptors (Lipinski definition) is 1. The van der Waals surface area contributed by atoms with E-state index in [9.17, 15) is 4.79 Å². The Morgan fingerprint density at radius 3 is 2.93 bits per heavy atom. The number of unbranched alkanes of at least 4 members (excludes halogenated alkanes) is 4. The zero-order valence-electron chi connectivity index (χ0n) is 9.30. The topological polar surface area (TPSA) is 17.1 Å². The molecule has 0 radical (unpaired) electrons. The monoisotopic (exact) mass is 194 g/mol. The van der Waals surface area contributed by atoms with Gasteiger partial charge in [0.05, 0.1) is 0 Å². The first-order valence-electron chi connectivity index (χ1n) is 6.02. The van der Waals surface area contributed by atoms with Gasteiger partial charge in [-0.05, 0) is 32.1 Å². The summed E-state index contributed by atoms with van der Waals surface area (Å²) >= 11 is 0. The molecule has 1 heteroatoms. The lowest BCUT2D eigenvalue weighted by Gasteiger charge is -2.02. The van der Waals surface area contributed by atoms with E-state index in [1.54, 1.807) is 0 Å². The summed E-state index contributed by atoms with van der Waals surface area (Å²) in [5, 5.41) is 0. The first-order valence-corrected chi connectivity index (χ1v) is 6.02. The highest BCUT2D eigenvalue weighted by atomic mass is 16.1. The smallest absolute Gasteiger partial charge is 0.127 e. The Labute approximate surface area is 87.6 Å². The van der Waals surface area contributed by atoms with Crippen LogP contribution in [-0.2, 0) is 4.79 Å². The lowest BCUT2D eigenvalue weighted by Crippen LogP contribution is -1.97. The first kappa shape index (κ1) is 11.5. The predicted octanol–water partition coefficient (Wildman–Crippen LogP) is 3.88. The van der Waals surface area contributed by atoms with Crippen molar-refractivity contribution in [1.82, 2.24) is 0 Å². The Bertz CT molecular complexity index is 193. The van der Waals surface area contributed by atoms with Crippen LogP contribution in [0.4, 0.5) is 0 Å². The number of carbonyl (C=O) groups excluding carboxylic acids is 1. The van der Waals surface area contributed by atoms with Crippen molar-refractivity contribution in [2.75, 3.05) is 0 Å². The molecule has 0 heterocycles. The van der Waals surface area contributed by atoms with Gasteiger partial charge in [-0.1, -0.05) is 37.8 Å². The number of aldehydes is 1. The maximum atomic E-state index is 10.7. The number of carbonyl (C=O) groups is 1. The van der Waals surface area contributed by atoms with Gasteiger partial charge in [-0.3, -0.25) is 0 Å². The van der Waals surface area contributed by atoms with Crippen LogP contribution < -0.4 is 0 Å². The number of rotatable bonds is 6. The Morgan fingerprint density at radius 2 is 2.21 bits per heavy atom. The summed E-state index contributed by atoms with van der Waals surface area (Å²) in [6.45, 7) is 2.23. The lowest BCUT2D eigenvalue weighted by atomic mass is 10.0. The summed E-state index contributed by atoms with van der Waals surface area (Å²) in [5.74, 6) is 0.265. The van der Waals surface area contributed by atoms with Crippen LogP contribution in [0.1, 0.15) is 58.3 Å². The minimum atomic E-state index is 0.265. The van der Waals surface area contributed by atoms with Crippen molar-refractivity contribution in [3.8, 4) is 0 Å². The quantitative estimate of drug-likeness (QED) is 0.356. The molecule has 0 spiro atoms. The summed E-state index contributed by atoms with van der Waals surface area (Å²) in [5.41, 5.74) is 1.41. The second-order valence-electron chi connectivity index (χ2n) is 4.26. The molecule has 1 rings (SSSR count). The van der Waals surface area contributed by atoms with E-state index in [2.05, 4.69) is 13.0 Å². The largest absolute Gasteiger partial charge is 0.303 e. The van der Waals surface area contributed by atoms with E-state index in [0.29, 0.717) is 0 Å². The summed E-state index contributed by atoms with van der Waals surface area (Å²) in [6.07, 6.45) is 13.4. The average Bonchev–Trinajstić information content (AvgIpc) is 2.65. The van der Waals surface area contributed by atoms with E-state index in [-0.39, 0.29) is 5.92 Å². The van der Waals surface area contributed by atoms with Crippen LogP contribution in [0.3, 0.4) is 0 Å². The normalized spacial score (nSPS) is 24.4. The Balaban J connectivity index is 2.19. The van der Waals surface area contributed by atoms with E-state index >= 15 is 0 Å². The molecule has 0 N–H and O–H groups in total. The molecular weight excluding hydrogens is 172 g/mol. The second-order valence-corrected chi connectivity index (χ2v) is 4.26. The van der Waals surface area contributed by atoms with Gasteiger partial charge in [0, 0.05) is 5.92 Å². The fourth-order valence-corrected chi connectivity index (χ4v) is 2.16. The summed E-state index contributed by atoms with van der Waals surface area (Å²) in [7, 11) is 0. The van der Waals surface area contributed by atoms with Crippen molar-refractivity contribution in [1.29, 1.82) is 0 Å². The van der Waals surface area contributed by atoms with Gasteiger partial charge in [0.2, 0.25) is 0 Å². The molecule has 1 saturated carbocycles. The Morgan fingerprint density at radius 1 is 1.36 bits per heavy atom. The van der Waals surface area contributed by atoms with Crippen LogP contribution in [0.25, 0.3) is 0 Å². The molecule has 14 heavy (non-hydrogen) atoms. The van der Waals surface area contributed by atoms with Gasteiger partial charge in [-0.15, -0.1) is 0 Å².